The summed E-state index contributed by atoms with van der Waals surface area (Å²) in [5.74, 6) is 0.995. The Morgan fingerprint density at radius 3 is 2.92 bits per heavy atom. The molecule has 0 saturated heterocycles. The summed E-state index contributed by atoms with van der Waals surface area (Å²) < 4.78 is 2.00. The predicted octanol–water partition coefficient (Wildman–Crippen LogP) is 1.40. The molecule has 0 radical (unpaired) electrons. The largest absolute Gasteiger partial charge is 0.354 e. The Morgan fingerprint density at radius 1 is 1.33 bits per heavy atom. The molecule has 2 heterocycles. The number of hydrogen-bond acceptors (Lipinski definition) is 4. The number of hydrogen-bond donors (Lipinski definition) is 1. The summed E-state index contributed by atoms with van der Waals surface area (Å²) in [6.45, 7) is 7.25. The van der Waals surface area contributed by atoms with Crippen LogP contribution in [0.2, 0.25) is 0 Å². The Bertz CT molecular complexity index is 696. The summed E-state index contributed by atoms with van der Waals surface area (Å²) in [5, 5.41) is 11.0. The van der Waals surface area contributed by atoms with Crippen molar-refractivity contribution in [3.8, 4) is 0 Å². The van der Waals surface area contributed by atoms with Crippen molar-refractivity contribution in [2.45, 2.75) is 45.8 Å². The SMILES string of the molecule is CCn1cnnc1CCNC(=O)[C@@H](C)N1CCc2ccccc2C1. The van der Waals surface area contributed by atoms with Gasteiger partial charge in [0.1, 0.15) is 12.2 Å². The van der Waals surface area contributed by atoms with Crippen LogP contribution in [0.25, 0.3) is 0 Å². The first-order valence-electron chi connectivity index (χ1n) is 8.64. The summed E-state index contributed by atoms with van der Waals surface area (Å²) in [7, 11) is 0. The van der Waals surface area contributed by atoms with Crippen molar-refractivity contribution in [3.05, 3.63) is 47.5 Å². The van der Waals surface area contributed by atoms with Gasteiger partial charge in [0.25, 0.3) is 0 Å². The van der Waals surface area contributed by atoms with Gasteiger partial charge in [-0.05, 0) is 31.4 Å². The minimum Gasteiger partial charge on any atom is -0.354 e. The van der Waals surface area contributed by atoms with E-state index in [1.807, 2.05) is 11.5 Å². The van der Waals surface area contributed by atoms with Crippen LogP contribution in [-0.2, 0) is 30.7 Å². The first-order valence-corrected chi connectivity index (χ1v) is 8.64. The molecule has 1 atom stereocenters. The minimum atomic E-state index is -0.123. The van der Waals surface area contributed by atoms with Crippen molar-refractivity contribution in [1.29, 1.82) is 0 Å². The number of carbonyl (C=O) groups is 1. The van der Waals surface area contributed by atoms with Gasteiger partial charge in [0.2, 0.25) is 5.91 Å². The van der Waals surface area contributed by atoms with Crippen molar-refractivity contribution in [2.75, 3.05) is 13.1 Å². The predicted molar refractivity (Wildman–Crippen MR) is 92.4 cm³/mol. The second-order valence-electron chi connectivity index (χ2n) is 6.24. The van der Waals surface area contributed by atoms with Crippen LogP contribution in [0.1, 0.15) is 30.8 Å². The number of amides is 1. The van der Waals surface area contributed by atoms with Crippen LogP contribution < -0.4 is 5.32 Å². The lowest BCUT2D eigenvalue weighted by molar-refractivity contribution is -0.126. The fourth-order valence-corrected chi connectivity index (χ4v) is 3.20. The molecule has 1 aliphatic rings. The standard InChI is InChI=1S/C18H25N5O/c1-3-22-13-20-21-17(22)8-10-19-18(24)14(2)23-11-9-15-6-4-5-7-16(15)12-23/h4-7,13-14H,3,8-12H2,1-2H3,(H,19,24)/t14-/m1/s1. The molecule has 128 valence electrons. The molecule has 1 N–H and O–H groups in total. The van der Waals surface area contributed by atoms with Crippen molar-refractivity contribution >= 4 is 5.91 Å². The number of aryl methyl sites for hydroxylation is 1. The number of rotatable bonds is 6. The van der Waals surface area contributed by atoms with E-state index in [1.165, 1.54) is 11.1 Å². The van der Waals surface area contributed by atoms with Crippen LogP contribution in [-0.4, -0.2) is 44.7 Å². The quantitative estimate of drug-likeness (QED) is 0.871. The van der Waals surface area contributed by atoms with Crippen molar-refractivity contribution < 1.29 is 4.79 Å². The van der Waals surface area contributed by atoms with E-state index in [0.717, 1.165) is 31.9 Å². The average Bonchev–Trinajstić information content (AvgIpc) is 3.08. The number of carbonyl (C=O) groups excluding carboxylic acids is 1. The van der Waals surface area contributed by atoms with Gasteiger partial charge in [-0.15, -0.1) is 10.2 Å². The summed E-state index contributed by atoms with van der Waals surface area (Å²) in [6, 6.07) is 8.36. The molecule has 1 aromatic carbocycles. The van der Waals surface area contributed by atoms with Gasteiger partial charge >= 0.3 is 0 Å². The lowest BCUT2D eigenvalue weighted by atomic mass is 9.99. The molecule has 0 fully saturated rings. The molecule has 24 heavy (non-hydrogen) atoms. The Labute approximate surface area is 142 Å². The molecule has 0 saturated carbocycles. The first kappa shape index (κ1) is 16.6. The fourth-order valence-electron chi connectivity index (χ4n) is 3.20. The molecule has 1 aliphatic heterocycles. The van der Waals surface area contributed by atoms with E-state index in [9.17, 15) is 4.79 Å². The van der Waals surface area contributed by atoms with Crippen molar-refractivity contribution in [2.24, 2.45) is 0 Å². The summed E-state index contributed by atoms with van der Waals surface area (Å²) in [4.78, 5) is 14.7. The van der Waals surface area contributed by atoms with Crippen LogP contribution >= 0.6 is 0 Å². The van der Waals surface area contributed by atoms with Crippen LogP contribution in [0.3, 0.4) is 0 Å². The number of benzene rings is 1. The molecule has 2 aromatic rings. The highest BCUT2D eigenvalue weighted by Gasteiger charge is 2.24. The highest BCUT2D eigenvalue weighted by atomic mass is 16.2. The summed E-state index contributed by atoms with van der Waals surface area (Å²) in [6.07, 6.45) is 3.44. The monoisotopic (exact) mass is 327 g/mol. The molecule has 6 heteroatoms. The van der Waals surface area contributed by atoms with E-state index in [2.05, 4.69) is 51.6 Å². The third-order valence-corrected chi connectivity index (χ3v) is 4.77. The van der Waals surface area contributed by atoms with Crippen molar-refractivity contribution in [3.63, 3.8) is 0 Å². The van der Waals surface area contributed by atoms with E-state index >= 15 is 0 Å². The molecular formula is C18H25N5O. The summed E-state index contributed by atoms with van der Waals surface area (Å²) in [5.41, 5.74) is 2.74. The molecule has 0 spiro atoms. The van der Waals surface area contributed by atoms with Gasteiger partial charge in [-0.1, -0.05) is 24.3 Å². The van der Waals surface area contributed by atoms with Gasteiger partial charge in [0.05, 0.1) is 6.04 Å². The van der Waals surface area contributed by atoms with Crippen LogP contribution in [0, 0.1) is 0 Å². The lowest BCUT2D eigenvalue weighted by Gasteiger charge is -2.32. The van der Waals surface area contributed by atoms with Gasteiger partial charge in [-0.3, -0.25) is 9.69 Å². The zero-order valence-electron chi connectivity index (χ0n) is 14.4. The molecule has 3 rings (SSSR count). The minimum absolute atomic E-state index is 0.0805. The zero-order valence-corrected chi connectivity index (χ0v) is 14.4. The Balaban J connectivity index is 1.50. The van der Waals surface area contributed by atoms with Crippen molar-refractivity contribution in [1.82, 2.24) is 25.0 Å². The van der Waals surface area contributed by atoms with E-state index < -0.39 is 0 Å². The third-order valence-electron chi connectivity index (χ3n) is 4.77. The van der Waals surface area contributed by atoms with Gasteiger partial charge in [0.15, 0.2) is 0 Å². The highest BCUT2D eigenvalue weighted by Crippen LogP contribution is 2.20. The van der Waals surface area contributed by atoms with E-state index in [4.69, 9.17) is 0 Å². The van der Waals surface area contributed by atoms with E-state index in [0.29, 0.717) is 13.0 Å². The maximum atomic E-state index is 12.4. The maximum absolute atomic E-state index is 12.4. The molecule has 1 amide bonds. The van der Waals surface area contributed by atoms with E-state index in [1.54, 1.807) is 6.33 Å². The molecule has 1 aromatic heterocycles. The topological polar surface area (TPSA) is 63.1 Å². The molecule has 0 bridgehead atoms. The van der Waals surface area contributed by atoms with Gasteiger partial charge in [-0.2, -0.15) is 0 Å². The maximum Gasteiger partial charge on any atom is 0.237 e. The van der Waals surface area contributed by atoms with Gasteiger partial charge < -0.3 is 9.88 Å². The van der Waals surface area contributed by atoms with Crippen LogP contribution in [0.15, 0.2) is 30.6 Å². The number of nitrogens with zero attached hydrogens (tertiary/aromatic N) is 4. The normalized spacial score (nSPS) is 15.8. The molecular weight excluding hydrogens is 302 g/mol. The average molecular weight is 327 g/mol. The van der Waals surface area contributed by atoms with Crippen LogP contribution in [0.4, 0.5) is 0 Å². The second kappa shape index (κ2) is 7.57. The Morgan fingerprint density at radius 2 is 2.12 bits per heavy atom. The summed E-state index contributed by atoms with van der Waals surface area (Å²) >= 11 is 0. The number of aromatic nitrogens is 3. The molecule has 0 aliphatic carbocycles. The zero-order chi connectivity index (χ0) is 16.9. The smallest absolute Gasteiger partial charge is 0.237 e. The van der Waals surface area contributed by atoms with E-state index in [-0.39, 0.29) is 11.9 Å². The Kier molecular flexibility index (Phi) is 5.25. The molecule has 0 unspecified atom stereocenters. The van der Waals surface area contributed by atoms with Gasteiger partial charge in [-0.25, -0.2) is 0 Å². The number of fused-ring (bicyclic) bond motifs is 1. The highest BCUT2D eigenvalue weighted by molar-refractivity contribution is 5.81. The van der Waals surface area contributed by atoms with Gasteiger partial charge in [0, 0.05) is 32.6 Å². The number of nitrogens with one attached hydrogen (secondary N) is 1. The molecule has 6 nitrogen and oxygen atoms in total. The Hall–Kier alpha value is -2.21. The first-order chi connectivity index (χ1) is 11.7. The van der Waals surface area contributed by atoms with Crippen LogP contribution in [0.5, 0.6) is 0 Å². The second-order valence-corrected chi connectivity index (χ2v) is 6.24. The lowest BCUT2D eigenvalue weighted by Crippen LogP contribution is -2.47. The third kappa shape index (κ3) is 3.64. The fraction of sp³-hybridized carbons (Fsp3) is 0.500.